The molecule has 0 saturated heterocycles. The van der Waals surface area contributed by atoms with Crippen LogP contribution in [0.5, 0.6) is 0 Å². The Morgan fingerprint density at radius 2 is 1.68 bits per heavy atom. The number of rotatable bonds is 3. The van der Waals surface area contributed by atoms with E-state index in [4.69, 9.17) is 12.2 Å². The number of anilines is 1. The summed E-state index contributed by atoms with van der Waals surface area (Å²) in [7, 11) is 0. The molecule has 2 aromatic rings. The van der Waals surface area contributed by atoms with Gasteiger partial charge in [0.1, 0.15) is 0 Å². The van der Waals surface area contributed by atoms with Crippen LogP contribution in [0.15, 0.2) is 53.0 Å². The van der Waals surface area contributed by atoms with Gasteiger partial charge in [-0.05, 0) is 42.5 Å². The van der Waals surface area contributed by atoms with Crippen LogP contribution >= 0.6 is 28.1 Å². The molecule has 5 nitrogen and oxygen atoms in total. The Morgan fingerprint density at radius 3 is 2.32 bits per heavy atom. The Labute approximate surface area is 140 Å². The Morgan fingerprint density at radius 1 is 1.05 bits per heavy atom. The third-order valence-electron chi connectivity index (χ3n) is 2.73. The standard InChI is InChI=1S/C15H11BrN2O3S/c16-10-7-5-9(6-8-10)13(19)18-15(22)17-12-4-2-1-3-11(12)14(20)21/h1-8H,(H,20,21)(H2,17,18,19,22)/p-1. The van der Waals surface area contributed by atoms with Crippen molar-refractivity contribution in [1.29, 1.82) is 0 Å². The molecule has 0 spiro atoms. The van der Waals surface area contributed by atoms with Crippen LogP contribution in [-0.2, 0) is 0 Å². The number of nitrogens with one attached hydrogen (secondary N) is 2. The minimum atomic E-state index is -1.33. The topological polar surface area (TPSA) is 81.3 Å². The van der Waals surface area contributed by atoms with E-state index in [1.165, 1.54) is 12.1 Å². The van der Waals surface area contributed by atoms with Crippen LogP contribution in [0.2, 0.25) is 0 Å². The number of carboxylic acid groups (broad SMARTS) is 1. The first-order chi connectivity index (χ1) is 10.5. The predicted octanol–water partition coefficient (Wildman–Crippen LogP) is 1.94. The molecule has 0 aromatic heterocycles. The van der Waals surface area contributed by atoms with Gasteiger partial charge in [-0.1, -0.05) is 34.1 Å². The molecule has 2 rings (SSSR count). The van der Waals surface area contributed by atoms with Gasteiger partial charge in [-0.15, -0.1) is 0 Å². The highest BCUT2D eigenvalue weighted by atomic mass is 79.9. The number of halogens is 1. The number of carboxylic acids is 1. The first-order valence-corrected chi connectivity index (χ1v) is 7.36. The smallest absolute Gasteiger partial charge is 0.257 e. The lowest BCUT2D eigenvalue weighted by Gasteiger charge is -2.13. The van der Waals surface area contributed by atoms with Crippen molar-refractivity contribution in [3.63, 3.8) is 0 Å². The van der Waals surface area contributed by atoms with Gasteiger partial charge in [0.05, 0.1) is 5.97 Å². The molecule has 112 valence electrons. The Balaban J connectivity index is 2.06. The van der Waals surface area contributed by atoms with E-state index in [0.717, 1.165) is 4.47 Å². The second kappa shape index (κ2) is 7.15. The minimum absolute atomic E-state index is 0.00150. The van der Waals surface area contributed by atoms with E-state index in [0.29, 0.717) is 5.56 Å². The second-order valence-corrected chi connectivity index (χ2v) is 5.57. The highest BCUT2D eigenvalue weighted by Gasteiger charge is 2.09. The van der Waals surface area contributed by atoms with E-state index >= 15 is 0 Å². The summed E-state index contributed by atoms with van der Waals surface area (Å²) in [4.78, 5) is 23.0. The molecule has 0 aliphatic rings. The van der Waals surface area contributed by atoms with Gasteiger partial charge >= 0.3 is 0 Å². The van der Waals surface area contributed by atoms with Gasteiger partial charge in [-0.25, -0.2) is 0 Å². The molecule has 0 radical (unpaired) electrons. The fourth-order valence-electron chi connectivity index (χ4n) is 1.70. The van der Waals surface area contributed by atoms with Gasteiger partial charge in [0.15, 0.2) is 5.11 Å². The summed E-state index contributed by atoms with van der Waals surface area (Å²) in [6.07, 6.45) is 0. The van der Waals surface area contributed by atoms with Gasteiger partial charge in [-0.3, -0.25) is 10.1 Å². The Bertz CT molecular complexity index is 732. The summed E-state index contributed by atoms with van der Waals surface area (Å²) in [5, 5.41) is 16.2. The first-order valence-electron chi connectivity index (χ1n) is 6.15. The van der Waals surface area contributed by atoms with Gasteiger partial charge < -0.3 is 15.2 Å². The number of aromatic carboxylic acids is 1. The van der Waals surface area contributed by atoms with E-state index in [2.05, 4.69) is 26.6 Å². The molecule has 0 unspecified atom stereocenters. The number of carbonyl (C=O) groups is 2. The molecule has 2 N–H and O–H groups in total. The van der Waals surface area contributed by atoms with Gasteiger partial charge in [-0.2, -0.15) is 0 Å². The highest BCUT2D eigenvalue weighted by molar-refractivity contribution is 9.10. The van der Waals surface area contributed by atoms with Crippen LogP contribution in [0, 0.1) is 0 Å². The molecule has 0 aliphatic carbocycles. The van der Waals surface area contributed by atoms with Crippen molar-refractivity contribution in [2.24, 2.45) is 0 Å². The number of para-hydroxylation sites is 1. The SMILES string of the molecule is O=C(NC(=S)Nc1ccccc1C(=O)[O-])c1ccc(Br)cc1. The normalized spacial score (nSPS) is 9.86. The quantitative estimate of drug-likeness (QED) is 0.798. The lowest BCUT2D eigenvalue weighted by atomic mass is 10.2. The number of amides is 1. The number of carbonyl (C=O) groups excluding carboxylic acids is 2. The van der Waals surface area contributed by atoms with Crippen LogP contribution in [0.4, 0.5) is 5.69 Å². The van der Waals surface area contributed by atoms with Crippen LogP contribution in [0.3, 0.4) is 0 Å². The Kier molecular flexibility index (Phi) is 5.24. The summed E-state index contributed by atoms with van der Waals surface area (Å²) in [6, 6.07) is 12.9. The zero-order valence-electron chi connectivity index (χ0n) is 11.1. The molecule has 0 saturated carbocycles. The number of hydrogen-bond donors (Lipinski definition) is 2. The van der Waals surface area contributed by atoms with Gasteiger partial charge in [0.2, 0.25) is 0 Å². The van der Waals surface area contributed by atoms with Crippen molar-refractivity contribution in [2.75, 3.05) is 5.32 Å². The molecule has 0 heterocycles. The average Bonchev–Trinajstić information content (AvgIpc) is 2.48. The third kappa shape index (κ3) is 4.12. The molecule has 22 heavy (non-hydrogen) atoms. The third-order valence-corrected chi connectivity index (χ3v) is 3.46. The van der Waals surface area contributed by atoms with Crippen LogP contribution in [0.25, 0.3) is 0 Å². The van der Waals surface area contributed by atoms with E-state index in [9.17, 15) is 14.7 Å². The van der Waals surface area contributed by atoms with Crippen molar-refractivity contribution >= 4 is 50.8 Å². The molecule has 0 bridgehead atoms. The van der Waals surface area contributed by atoms with Gasteiger partial charge in [0, 0.05) is 21.3 Å². The predicted molar refractivity (Wildman–Crippen MR) is 88.6 cm³/mol. The molecule has 1 amide bonds. The molecular weight excluding hydrogens is 368 g/mol. The maximum Gasteiger partial charge on any atom is 0.257 e. The summed E-state index contributed by atoms with van der Waals surface area (Å²) in [6.45, 7) is 0. The fraction of sp³-hybridized carbons (Fsp3) is 0. The van der Waals surface area contributed by atoms with Crippen molar-refractivity contribution in [3.05, 3.63) is 64.1 Å². The van der Waals surface area contributed by atoms with E-state index < -0.39 is 11.9 Å². The minimum Gasteiger partial charge on any atom is -0.545 e. The molecule has 0 atom stereocenters. The van der Waals surface area contributed by atoms with Crippen molar-refractivity contribution in [3.8, 4) is 0 Å². The summed E-state index contributed by atoms with van der Waals surface area (Å²) in [5.41, 5.74) is 0.645. The van der Waals surface area contributed by atoms with E-state index in [-0.39, 0.29) is 16.4 Å². The lowest BCUT2D eigenvalue weighted by molar-refractivity contribution is -0.254. The molecular formula is C15H10BrN2O3S-. The zero-order chi connectivity index (χ0) is 16.1. The highest BCUT2D eigenvalue weighted by Crippen LogP contribution is 2.14. The maximum atomic E-state index is 12.0. The fourth-order valence-corrected chi connectivity index (χ4v) is 2.17. The average molecular weight is 378 g/mol. The van der Waals surface area contributed by atoms with Crippen molar-refractivity contribution in [1.82, 2.24) is 5.32 Å². The molecule has 2 aromatic carbocycles. The summed E-state index contributed by atoms with van der Waals surface area (Å²) in [5.74, 6) is -1.72. The lowest BCUT2D eigenvalue weighted by Crippen LogP contribution is -2.35. The number of benzene rings is 2. The number of thiocarbonyl (C=S) groups is 1. The summed E-state index contributed by atoms with van der Waals surface area (Å²) < 4.78 is 0.854. The Hall–Kier alpha value is -2.25. The van der Waals surface area contributed by atoms with Crippen LogP contribution in [-0.4, -0.2) is 17.0 Å². The zero-order valence-corrected chi connectivity index (χ0v) is 13.5. The van der Waals surface area contributed by atoms with E-state index in [1.54, 1.807) is 36.4 Å². The maximum absolute atomic E-state index is 12.0. The molecule has 7 heteroatoms. The van der Waals surface area contributed by atoms with Crippen LogP contribution in [0.1, 0.15) is 20.7 Å². The molecule has 0 aliphatic heterocycles. The van der Waals surface area contributed by atoms with Crippen molar-refractivity contribution in [2.45, 2.75) is 0 Å². The number of hydrogen-bond acceptors (Lipinski definition) is 4. The monoisotopic (exact) mass is 377 g/mol. The molecule has 0 fully saturated rings. The van der Waals surface area contributed by atoms with Crippen molar-refractivity contribution < 1.29 is 14.7 Å². The largest absolute Gasteiger partial charge is 0.545 e. The summed E-state index contributed by atoms with van der Waals surface area (Å²) >= 11 is 8.30. The first kappa shape index (κ1) is 16.1. The van der Waals surface area contributed by atoms with Crippen LogP contribution < -0.4 is 15.7 Å². The second-order valence-electron chi connectivity index (χ2n) is 4.25. The van der Waals surface area contributed by atoms with Gasteiger partial charge in [0.25, 0.3) is 5.91 Å². The van der Waals surface area contributed by atoms with E-state index in [1.807, 2.05) is 0 Å².